The van der Waals surface area contributed by atoms with Crippen molar-refractivity contribution in [2.75, 3.05) is 20.8 Å². The van der Waals surface area contributed by atoms with Crippen molar-refractivity contribution in [2.45, 2.75) is 6.92 Å². The quantitative estimate of drug-likeness (QED) is 0.505. The lowest BCUT2D eigenvalue weighted by molar-refractivity contribution is -0.137. The van der Waals surface area contributed by atoms with E-state index in [0.717, 1.165) is 0 Å². The molecule has 0 bridgehead atoms. The lowest BCUT2D eigenvalue weighted by Gasteiger charge is -2.13. The topological polar surface area (TPSA) is 82.1 Å². The van der Waals surface area contributed by atoms with E-state index >= 15 is 0 Å². The lowest BCUT2D eigenvalue weighted by atomic mass is 10.1. The summed E-state index contributed by atoms with van der Waals surface area (Å²) in [5.41, 5.74) is -0.377. The first-order valence-corrected chi connectivity index (χ1v) is 5.70. The minimum absolute atomic E-state index is 0.0379. The Balaban J connectivity index is 3.36. The van der Waals surface area contributed by atoms with Crippen LogP contribution in [0.4, 0.5) is 0 Å². The van der Waals surface area contributed by atoms with Gasteiger partial charge in [-0.05, 0) is 6.92 Å². The maximum atomic E-state index is 11.8. The Morgan fingerprint density at radius 1 is 1.32 bits per heavy atom. The molecule has 0 heterocycles. The average molecular weight is 289 g/mol. The number of phenolic OH excluding ortho intramolecular Hbond substituents is 1. The maximum Gasteiger partial charge on any atom is 0.379 e. The van der Waals surface area contributed by atoms with Gasteiger partial charge in [-0.15, -0.1) is 0 Å². The van der Waals surface area contributed by atoms with Crippen molar-refractivity contribution in [3.8, 4) is 17.2 Å². The molecule has 104 valence electrons. The number of rotatable bonds is 5. The van der Waals surface area contributed by atoms with Gasteiger partial charge in [0, 0.05) is 6.07 Å². The number of halogens is 1. The van der Waals surface area contributed by atoms with Crippen molar-refractivity contribution in [1.29, 1.82) is 0 Å². The highest BCUT2D eigenvalue weighted by molar-refractivity contribution is 6.46. The van der Waals surface area contributed by atoms with Crippen LogP contribution >= 0.6 is 11.6 Å². The maximum absolute atomic E-state index is 11.8. The first-order valence-electron chi connectivity index (χ1n) is 5.32. The summed E-state index contributed by atoms with van der Waals surface area (Å²) in [7, 11) is 2.63. The molecule has 1 aromatic carbocycles. The van der Waals surface area contributed by atoms with Crippen LogP contribution in [-0.2, 0) is 9.53 Å². The van der Waals surface area contributed by atoms with Gasteiger partial charge >= 0.3 is 5.97 Å². The van der Waals surface area contributed by atoms with E-state index in [9.17, 15) is 14.7 Å². The number of ether oxygens (including phenoxy) is 3. The summed E-state index contributed by atoms with van der Waals surface area (Å²) in [4.78, 5) is 23.2. The van der Waals surface area contributed by atoms with Crippen LogP contribution < -0.4 is 9.47 Å². The number of carbonyl (C=O) groups is 2. The molecule has 0 spiro atoms. The van der Waals surface area contributed by atoms with Gasteiger partial charge in [0.2, 0.25) is 5.75 Å². The molecular formula is C12H13ClO6. The molecule has 0 aliphatic heterocycles. The van der Waals surface area contributed by atoms with Gasteiger partial charge in [-0.2, -0.15) is 0 Å². The van der Waals surface area contributed by atoms with E-state index < -0.39 is 17.5 Å². The van der Waals surface area contributed by atoms with Gasteiger partial charge in [-0.1, -0.05) is 11.6 Å². The van der Waals surface area contributed by atoms with Crippen LogP contribution in [0.15, 0.2) is 6.07 Å². The number of carbonyl (C=O) groups excluding carboxylic acids is 2. The number of benzene rings is 1. The number of ketones is 1. The summed E-state index contributed by atoms with van der Waals surface area (Å²) in [6, 6.07) is 1.27. The molecule has 0 aliphatic carbocycles. The summed E-state index contributed by atoms with van der Waals surface area (Å²) in [5, 5.41) is 9.82. The van der Waals surface area contributed by atoms with Gasteiger partial charge in [0.15, 0.2) is 11.5 Å². The predicted molar refractivity (Wildman–Crippen MR) is 67.2 cm³/mol. The molecule has 0 atom stereocenters. The Hall–Kier alpha value is -1.95. The van der Waals surface area contributed by atoms with Gasteiger partial charge in [0.05, 0.1) is 31.4 Å². The summed E-state index contributed by atoms with van der Waals surface area (Å²) >= 11 is 5.86. The van der Waals surface area contributed by atoms with Gasteiger partial charge < -0.3 is 19.3 Å². The Morgan fingerprint density at radius 3 is 2.42 bits per heavy atom. The first-order chi connectivity index (χ1) is 8.97. The summed E-state index contributed by atoms with van der Waals surface area (Å²) in [5.74, 6) is -2.66. The van der Waals surface area contributed by atoms with Crippen molar-refractivity contribution < 1.29 is 28.9 Å². The average Bonchev–Trinajstić information content (AvgIpc) is 2.38. The van der Waals surface area contributed by atoms with E-state index in [-0.39, 0.29) is 28.7 Å². The monoisotopic (exact) mass is 288 g/mol. The van der Waals surface area contributed by atoms with Crippen molar-refractivity contribution >= 4 is 23.4 Å². The van der Waals surface area contributed by atoms with Crippen molar-refractivity contribution in [3.05, 3.63) is 16.7 Å². The molecule has 1 aromatic rings. The van der Waals surface area contributed by atoms with E-state index in [2.05, 4.69) is 4.74 Å². The SMILES string of the molecule is CCOC(=O)C(=O)c1c(Cl)cc(OC)c(OC)c1O. The highest BCUT2D eigenvalue weighted by Gasteiger charge is 2.28. The van der Waals surface area contributed by atoms with E-state index in [0.29, 0.717) is 0 Å². The lowest BCUT2D eigenvalue weighted by Crippen LogP contribution is -2.18. The zero-order valence-electron chi connectivity index (χ0n) is 10.7. The number of aromatic hydroxyl groups is 1. The van der Waals surface area contributed by atoms with Crippen molar-refractivity contribution in [1.82, 2.24) is 0 Å². The van der Waals surface area contributed by atoms with Crippen LogP contribution in [0.3, 0.4) is 0 Å². The van der Waals surface area contributed by atoms with E-state index in [1.165, 1.54) is 20.3 Å². The molecular weight excluding hydrogens is 276 g/mol. The second kappa shape index (κ2) is 6.29. The van der Waals surface area contributed by atoms with E-state index in [1.54, 1.807) is 6.92 Å². The molecule has 0 saturated carbocycles. The molecule has 0 aliphatic rings. The molecule has 19 heavy (non-hydrogen) atoms. The summed E-state index contributed by atoms with van der Waals surface area (Å²) in [6.45, 7) is 1.59. The van der Waals surface area contributed by atoms with Crippen LogP contribution in [-0.4, -0.2) is 37.7 Å². The number of methoxy groups -OCH3 is 2. The molecule has 0 saturated heterocycles. The number of hydrogen-bond donors (Lipinski definition) is 1. The van der Waals surface area contributed by atoms with Crippen molar-refractivity contribution in [2.24, 2.45) is 0 Å². The van der Waals surface area contributed by atoms with Gasteiger partial charge in [0.1, 0.15) is 0 Å². The van der Waals surface area contributed by atoms with Crippen LogP contribution in [0.1, 0.15) is 17.3 Å². The standard InChI is InChI=1S/C12H13ClO6/c1-4-19-12(16)10(15)8-6(13)5-7(17-2)11(18-3)9(8)14/h5,14H,4H2,1-3H3. The minimum atomic E-state index is -1.10. The van der Waals surface area contributed by atoms with Gasteiger partial charge in [-0.3, -0.25) is 4.79 Å². The minimum Gasteiger partial charge on any atom is -0.504 e. The molecule has 6 nitrogen and oxygen atoms in total. The molecule has 0 aromatic heterocycles. The molecule has 7 heteroatoms. The summed E-state index contributed by atoms with van der Waals surface area (Å²) < 4.78 is 14.4. The zero-order valence-corrected chi connectivity index (χ0v) is 11.4. The molecule has 0 unspecified atom stereocenters. The highest BCUT2D eigenvalue weighted by Crippen LogP contribution is 2.43. The van der Waals surface area contributed by atoms with Gasteiger partial charge in [-0.25, -0.2) is 4.79 Å². The Bertz CT molecular complexity index is 511. The fourth-order valence-corrected chi connectivity index (χ4v) is 1.73. The molecule has 0 fully saturated rings. The van der Waals surface area contributed by atoms with Crippen LogP contribution in [0, 0.1) is 0 Å². The predicted octanol–water partition coefficient (Wildman–Crippen LogP) is 1.81. The molecule has 0 radical (unpaired) electrons. The fourth-order valence-electron chi connectivity index (χ4n) is 1.46. The number of phenols is 1. The smallest absolute Gasteiger partial charge is 0.379 e. The number of Topliss-reactive ketones (excluding diaryl/α,β-unsaturated/α-hetero) is 1. The fraction of sp³-hybridized carbons (Fsp3) is 0.333. The largest absolute Gasteiger partial charge is 0.504 e. The first kappa shape index (κ1) is 15.1. The number of hydrogen-bond acceptors (Lipinski definition) is 6. The van der Waals surface area contributed by atoms with Gasteiger partial charge in [0.25, 0.3) is 5.78 Å². The zero-order chi connectivity index (χ0) is 14.6. The third kappa shape index (κ3) is 2.90. The third-order valence-corrected chi connectivity index (χ3v) is 2.58. The van der Waals surface area contributed by atoms with E-state index in [1.807, 2.05) is 0 Å². The second-order valence-electron chi connectivity index (χ2n) is 3.37. The molecule has 1 rings (SSSR count). The number of esters is 1. The second-order valence-corrected chi connectivity index (χ2v) is 3.77. The molecule has 1 N–H and O–H groups in total. The Morgan fingerprint density at radius 2 is 1.95 bits per heavy atom. The highest BCUT2D eigenvalue weighted by atomic mass is 35.5. The van der Waals surface area contributed by atoms with Crippen LogP contribution in [0.5, 0.6) is 17.2 Å². The van der Waals surface area contributed by atoms with Crippen LogP contribution in [0.25, 0.3) is 0 Å². The molecule has 0 amide bonds. The third-order valence-electron chi connectivity index (χ3n) is 2.28. The van der Waals surface area contributed by atoms with E-state index in [4.69, 9.17) is 21.1 Å². The van der Waals surface area contributed by atoms with Crippen LogP contribution in [0.2, 0.25) is 5.02 Å². The Kier molecular flexibility index (Phi) is 5.00. The van der Waals surface area contributed by atoms with Crippen molar-refractivity contribution in [3.63, 3.8) is 0 Å². The normalized spacial score (nSPS) is 9.89. The Labute approximate surface area is 114 Å². The summed E-state index contributed by atoms with van der Waals surface area (Å²) in [6.07, 6.45) is 0.